The topological polar surface area (TPSA) is 64.3 Å². The lowest BCUT2D eigenvalue weighted by atomic mass is 10.2. The minimum Gasteiger partial charge on any atom is -0.497 e. The van der Waals surface area contributed by atoms with Crippen LogP contribution in [0, 0.1) is 5.82 Å². The van der Waals surface area contributed by atoms with Crippen LogP contribution in [0.3, 0.4) is 0 Å². The fourth-order valence-corrected chi connectivity index (χ4v) is 1.69. The van der Waals surface area contributed by atoms with Crippen molar-refractivity contribution in [3.05, 3.63) is 59.9 Å². The predicted octanol–water partition coefficient (Wildman–Crippen LogP) is 3.07. The van der Waals surface area contributed by atoms with E-state index in [4.69, 9.17) is 10.5 Å². The molecule has 0 unspecified atom stereocenters. The van der Waals surface area contributed by atoms with Gasteiger partial charge in [0.15, 0.2) is 0 Å². The maximum absolute atomic E-state index is 13.0. The monoisotopic (exact) mass is 286 g/mol. The van der Waals surface area contributed by atoms with Gasteiger partial charge in [0.25, 0.3) is 0 Å². The number of anilines is 2. The van der Waals surface area contributed by atoms with E-state index in [9.17, 15) is 9.18 Å². The summed E-state index contributed by atoms with van der Waals surface area (Å²) in [5, 5.41) is 2.61. The SMILES string of the molecule is COc1ccc(C=CC(=O)Nc2ccc(F)c(N)c2)cc1. The third kappa shape index (κ3) is 4.07. The normalized spacial score (nSPS) is 10.6. The summed E-state index contributed by atoms with van der Waals surface area (Å²) in [6, 6.07) is 11.3. The molecule has 108 valence electrons. The molecule has 1 amide bonds. The lowest BCUT2D eigenvalue weighted by Gasteiger charge is -2.04. The maximum atomic E-state index is 13.0. The van der Waals surface area contributed by atoms with Crippen LogP contribution < -0.4 is 15.8 Å². The van der Waals surface area contributed by atoms with Crippen molar-refractivity contribution in [2.24, 2.45) is 0 Å². The third-order valence-electron chi connectivity index (χ3n) is 2.81. The highest BCUT2D eigenvalue weighted by molar-refractivity contribution is 6.02. The second-order valence-corrected chi connectivity index (χ2v) is 4.33. The first-order valence-corrected chi connectivity index (χ1v) is 6.26. The summed E-state index contributed by atoms with van der Waals surface area (Å²) in [5.41, 5.74) is 6.73. The maximum Gasteiger partial charge on any atom is 0.248 e. The minimum absolute atomic E-state index is 0.00747. The predicted molar refractivity (Wildman–Crippen MR) is 81.5 cm³/mol. The Kier molecular flexibility index (Phi) is 4.56. The number of nitrogens with two attached hydrogens (primary N) is 1. The Labute approximate surface area is 122 Å². The van der Waals surface area contributed by atoms with Crippen LogP contribution in [0.25, 0.3) is 6.08 Å². The number of rotatable bonds is 4. The molecular formula is C16H15FN2O2. The van der Waals surface area contributed by atoms with E-state index in [-0.39, 0.29) is 11.6 Å². The quantitative estimate of drug-likeness (QED) is 0.670. The van der Waals surface area contributed by atoms with Crippen LogP contribution >= 0.6 is 0 Å². The molecule has 21 heavy (non-hydrogen) atoms. The van der Waals surface area contributed by atoms with Gasteiger partial charge in [-0.15, -0.1) is 0 Å². The van der Waals surface area contributed by atoms with E-state index < -0.39 is 5.82 Å². The molecule has 0 aliphatic rings. The van der Waals surface area contributed by atoms with Crippen molar-refractivity contribution in [3.8, 4) is 5.75 Å². The van der Waals surface area contributed by atoms with Crippen molar-refractivity contribution in [1.82, 2.24) is 0 Å². The second kappa shape index (κ2) is 6.56. The van der Waals surface area contributed by atoms with Gasteiger partial charge in [-0.05, 0) is 42.0 Å². The molecule has 2 rings (SSSR count). The van der Waals surface area contributed by atoms with E-state index >= 15 is 0 Å². The average molecular weight is 286 g/mol. The molecule has 3 N–H and O–H groups in total. The zero-order valence-corrected chi connectivity index (χ0v) is 11.5. The zero-order valence-electron chi connectivity index (χ0n) is 11.5. The minimum atomic E-state index is -0.512. The van der Waals surface area contributed by atoms with E-state index in [1.54, 1.807) is 25.3 Å². The van der Waals surface area contributed by atoms with Crippen molar-refractivity contribution in [2.75, 3.05) is 18.2 Å². The number of carbonyl (C=O) groups excluding carboxylic acids is 1. The number of carbonyl (C=O) groups is 1. The number of ether oxygens (including phenoxy) is 1. The first kappa shape index (κ1) is 14.6. The fourth-order valence-electron chi connectivity index (χ4n) is 1.69. The molecule has 0 bridgehead atoms. The van der Waals surface area contributed by atoms with E-state index in [1.807, 2.05) is 12.1 Å². The smallest absolute Gasteiger partial charge is 0.248 e. The Morgan fingerprint density at radius 3 is 2.57 bits per heavy atom. The van der Waals surface area contributed by atoms with Crippen LogP contribution in [0.4, 0.5) is 15.8 Å². The molecule has 2 aromatic carbocycles. The summed E-state index contributed by atoms with van der Waals surface area (Å²) < 4.78 is 18.1. The van der Waals surface area contributed by atoms with Crippen molar-refractivity contribution >= 4 is 23.4 Å². The average Bonchev–Trinajstić information content (AvgIpc) is 2.49. The van der Waals surface area contributed by atoms with Gasteiger partial charge in [0.05, 0.1) is 12.8 Å². The van der Waals surface area contributed by atoms with Crippen molar-refractivity contribution in [1.29, 1.82) is 0 Å². The zero-order chi connectivity index (χ0) is 15.2. The van der Waals surface area contributed by atoms with E-state index in [2.05, 4.69) is 5.32 Å². The van der Waals surface area contributed by atoms with Gasteiger partial charge < -0.3 is 15.8 Å². The Morgan fingerprint density at radius 2 is 1.95 bits per heavy atom. The molecule has 5 heteroatoms. The molecule has 0 aliphatic carbocycles. The van der Waals surface area contributed by atoms with E-state index in [0.717, 1.165) is 11.3 Å². The van der Waals surface area contributed by atoms with Crippen LogP contribution in [0.5, 0.6) is 5.75 Å². The number of hydrogen-bond acceptors (Lipinski definition) is 3. The number of halogens is 1. The number of nitrogens with one attached hydrogen (secondary N) is 1. The molecule has 4 nitrogen and oxygen atoms in total. The van der Waals surface area contributed by atoms with Gasteiger partial charge in [0.2, 0.25) is 5.91 Å². The highest BCUT2D eigenvalue weighted by atomic mass is 19.1. The van der Waals surface area contributed by atoms with Crippen LogP contribution in [-0.4, -0.2) is 13.0 Å². The van der Waals surface area contributed by atoms with Gasteiger partial charge in [-0.2, -0.15) is 0 Å². The number of benzene rings is 2. The van der Waals surface area contributed by atoms with E-state index in [1.165, 1.54) is 24.3 Å². The molecule has 0 aliphatic heterocycles. The first-order chi connectivity index (χ1) is 10.1. The summed E-state index contributed by atoms with van der Waals surface area (Å²) in [6.07, 6.45) is 3.06. The molecule has 0 spiro atoms. The molecule has 0 radical (unpaired) electrons. The molecule has 0 atom stereocenters. The highest BCUT2D eigenvalue weighted by Crippen LogP contribution is 2.16. The largest absolute Gasteiger partial charge is 0.497 e. The van der Waals surface area contributed by atoms with Gasteiger partial charge in [0.1, 0.15) is 11.6 Å². The molecule has 0 saturated heterocycles. The number of methoxy groups -OCH3 is 1. The number of nitrogen functional groups attached to an aromatic ring is 1. The molecule has 0 heterocycles. The molecule has 2 aromatic rings. The van der Waals surface area contributed by atoms with Gasteiger partial charge in [-0.3, -0.25) is 4.79 Å². The standard InChI is InChI=1S/C16H15FN2O2/c1-21-13-6-2-11(3-7-13)4-9-16(20)19-12-5-8-14(17)15(18)10-12/h2-10H,18H2,1H3,(H,19,20). The Balaban J connectivity index is 1.99. The van der Waals surface area contributed by atoms with Crippen LogP contribution in [0.1, 0.15) is 5.56 Å². The van der Waals surface area contributed by atoms with Crippen LogP contribution in [-0.2, 0) is 4.79 Å². The molecule has 0 saturated carbocycles. The summed E-state index contributed by atoms with van der Waals surface area (Å²) in [6.45, 7) is 0. The summed E-state index contributed by atoms with van der Waals surface area (Å²) in [4.78, 5) is 11.7. The number of hydrogen-bond donors (Lipinski definition) is 2. The summed E-state index contributed by atoms with van der Waals surface area (Å²) >= 11 is 0. The van der Waals surface area contributed by atoms with Gasteiger partial charge in [-0.25, -0.2) is 4.39 Å². The third-order valence-corrected chi connectivity index (χ3v) is 2.81. The highest BCUT2D eigenvalue weighted by Gasteiger charge is 2.02. The Bertz CT molecular complexity index is 666. The molecule has 0 aromatic heterocycles. The van der Waals surface area contributed by atoms with Crippen molar-refractivity contribution in [2.45, 2.75) is 0 Å². The van der Waals surface area contributed by atoms with Crippen molar-refractivity contribution < 1.29 is 13.9 Å². The van der Waals surface area contributed by atoms with Crippen LogP contribution in [0.2, 0.25) is 0 Å². The fraction of sp³-hybridized carbons (Fsp3) is 0.0625. The van der Waals surface area contributed by atoms with E-state index in [0.29, 0.717) is 5.69 Å². The Morgan fingerprint density at radius 1 is 1.24 bits per heavy atom. The molecule has 0 fully saturated rings. The van der Waals surface area contributed by atoms with Gasteiger partial charge >= 0.3 is 0 Å². The lowest BCUT2D eigenvalue weighted by Crippen LogP contribution is -2.08. The Hall–Kier alpha value is -2.82. The molecular weight excluding hydrogens is 271 g/mol. The van der Waals surface area contributed by atoms with Gasteiger partial charge in [0, 0.05) is 11.8 Å². The summed E-state index contributed by atoms with van der Waals surface area (Å²) in [7, 11) is 1.59. The van der Waals surface area contributed by atoms with Crippen LogP contribution in [0.15, 0.2) is 48.5 Å². The second-order valence-electron chi connectivity index (χ2n) is 4.33. The summed E-state index contributed by atoms with van der Waals surface area (Å²) in [5.74, 6) is -0.0861. The number of amides is 1. The lowest BCUT2D eigenvalue weighted by molar-refractivity contribution is -0.111. The van der Waals surface area contributed by atoms with Crippen molar-refractivity contribution in [3.63, 3.8) is 0 Å². The van der Waals surface area contributed by atoms with Gasteiger partial charge in [-0.1, -0.05) is 12.1 Å². The first-order valence-electron chi connectivity index (χ1n) is 6.26.